The molecule has 6 nitrogen and oxygen atoms in total. The molecule has 8 heteroatoms. The monoisotopic (exact) mass is 529 g/mol. The van der Waals surface area contributed by atoms with Gasteiger partial charge in [-0.05, 0) is 55.2 Å². The molecule has 36 heavy (non-hydrogen) atoms. The second kappa shape index (κ2) is 11.8. The largest absolute Gasteiger partial charge is 0.503 e. The molecule has 0 bridgehead atoms. The van der Waals surface area contributed by atoms with Gasteiger partial charge in [-0.2, -0.15) is 0 Å². The predicted molar refractivity (Wildman–Crippen MR) is 140 cm³/mol. The average molecular weight is 530 g/mol. The third-order valence-electron chi connectivity index (χ3n) is 6.12. The quantitative estimate of drug-likeness (QED) is 0.245. The molecule has 0 saturated heterocycles. The van der Waals surface area contributed by atoms with Gasteiger partial charge < -0.3 is 14.6 Å². The van der Waals surface area contributed by atoms with Crippen molar-refractivity contribution in [2.45, 2.75) is 46.1 Å². The highest BCUT2D eigenvalue weighted by atomic mass is 35.5. The first-order valence-corrected chi connectivity index (χ1v) is 12.3. The summed E-state index contributed by atoms with van der Waals surface area (Å²) in [6.07, 6.45) is 0.632. The molecule has 190 valence electrons. The lowest BCUT2D eigenvalue weighted by atomic mass is 9.85. The number of ether oxygens (including phenoxy) is 2. The summed E-state index contributed by atoms with van der Waals surface area (Å²) >= 11 is 12.5. The first kappa shape index (κ1) is 27.5. The summed E-state index contributed by atoms with van der Waals surface area (Å²) in [6, 6.07) is 12.9. The number of pyridine rings is 1. The molecule has 0 spiro atoms. The van der Waals surface area contributed by atoms with Crippen molar-refractivity contribution in [3.63, 3.8) is 0 Å². The van der Waals surface area contributed by atoms with Crippen LogP contribution in [-0.2, 0) is 9.53 Å². The molecule has 2 aromatic carbocycles. The Hall–Kier alpha value is -3.09. The zero-order valence-electron chi connectivity index (χ0n) is 20.8. The van der Waals surface area contributed by atoms with Gasteiger partial charge >= 0.3 is 5.97 Å². The number of carbonyl (C=O) groups is 2. The van der Waals surface area contributed by atoms with Crippen molar-refractivity contribution >= 4 is 35.0 Å². The van der Waals surface area contributed by atoms with Crippen LogP contribution in [0.4, 0.5) is 0 Å². The van der Waals surface area contributed by atoms with Gasteiger partial charge in [-0.15, -0.1) is 0 Å². The maximum atomic E-state index is 13.0. The lowest BCUT2D eigenvalue weighted by molar-refractivity contribution is -0.153. The van der Waals surface area contributed by atoms with Crippen LogP contribution in [0.2, 0.25) is 10.0 Å². The van der Waals surface area contributed by atoms with Crippen molar-refractivity contribution in [1.29, 1.82) is 0 Å². The fourth-order valence-electron chi connectivity index (χ4n) is 4.09. The Labute approximate surface area is 221 Å². The lowest BCUT2D eigenvalue weighted by Gasteiger charge is -2.27. The van der Waals surface area contributed by atoms with E-state index in [1.54, 1.807) is 6.92 Å². The predicted octanol–water partition coefficient (Wildman–Crippen LogP) is 6.69. The van der Waals surface area contributed by atoms with Crippen molar-refractivity contribution in [3.8, 4) is 11.5 Å². The fourth-order valence-corrected chi connectivity index (χ4v) is 4.32. The smallest absolute Gasteiger partial charge is 0.309 e. The van der Waals surface area contributed by atoms with Gasteiger partial charge in [0.1, 0.15) is 6.10 Å². The molecule has 0 saturated carbocycles. The van der Waals surface area contributed by atoms with Crippen LogP contribution in [0.1, 0.15) is 58.9 Å². The number of carbonyl (C=O) groups excluding carboxylic acids is 2. The third-order valence-corrected chi connectivity index (χ3v) is 6.97. The van der Waals surface area contributed by atoms with Gasteiger partial charge in [-0.1, -0.05) is 54.4 Å². The highest BCUT2D eigenvalue weighted by Gasteiger charge is 2.29. The Bertz CT molecular complexity index is 1230. The Morgan fingerprint density at radius 1 is 0.972 bits per heavy atom. The first-order chi connectivity index (χ1) is 17.0. The number of benzene rings is 2. The van der Waals surface area contributed by atoms with Crippen LogP contribution < -0.4 is 4.74 Å². The maximum Gasteiger partial charge on any atom is 0.309 e. The van der Waals surface area contributed by atoms with E-state index in [0.29, 0.717) is 10.0 Å². The molecule has 3 rings (SSSR count). The summed E-state index contributed by atoms with van der Waals surface area (Å²) in [5.74, 6) is -2.27. The highest BCUT2D eigenvalue weighted by molar-refractivity contribution is 6.31. The number of hydrogen-bond donors (Lipinski definition) is 1. The Balaban J connectivity index is 1.82. The van der Waals surface area contributed by atoms with Gasteiger partial charge in [0.15, 0.2) is 23.0 Å². The van der Waals surface area contributed by atoms with Gasteiger partial charge in [0.2, 0.25) is 0 Å². The molecule has 0 radical (unpaired) electrons. The number of rotatable bonds is 9. The van der Waals surface area contributed by atoms with E-state index < -0.39 is 23.8 Å². The van der Waals surface area contributed by atoms with E-state index >= 15 is 0 Å². The number of aromatic nitrogens is 1. The van der Waals surface area contributed by atoms with Crippen molar-refractivity contribution in [2.75, 3.05) is 7.11 Å². The molecule has 0 unspecified atom stereocenters. The normalized spacial score (nSPS) is 12.8. The van der Waals surface area contributed by atoms with Crippen molar-refractivity contribution < 1.29 is 24.2 Å². The van der Waals surface area contributed by atoms with Crippen molar-refractivity contribution in [2.24, 2.45) is 5.92 Å². The molecule has 1 N–H and O–H groups in total. The number of ketones is 1. The first-order valence-electron chi connectivity index (χ1n) is 11.5. The fraction of sp³-hybridized carbons (Fsp3) is 0.321. The van der Waals surface area contributed by atoms with Crippen LogP contribution in [-0.4, -0.2) is 35.1 Å². The zero-order valence-corrected chi connectivity index (χ0v) is 22.4. The molecule has 0 fully saturated rings. The van der Waals surface area contributed by atoms with Gasteiger partial charge in [-0.25, -0.2) is 4.98 Å². The highest BCUT2D eigenvalue weighted by Crippen LogP contribution is 2.34. The van der Waals surface area contributed by atoms with E-state index in [0.717, 1.165) is 22.3 Å². The van der Waals surface area contributed by atoms with E-state index in [-0.39, 0.29) is 29.5 Å². The van der Waals surface area contributed by atoms with Crippen molar-refractivity contribution in [3.05, 3.63) is 86.7 Å². The summed E-state index contributed by atoms with van der Waals surface area (Å²) in [4.78, 5) is 29.7. The number of aryl methyl sites for hydroxylation is 2. The Morgan fingerprint density at radius 2 is 1.53 bits per heavy atom. The zero-order chi connectivity index (χ0) is 26.6. The molecule has 0 aliphatic heterocycles. The number of aromatic hydroxyl groups is 1. The molecule has 0 amide bonds. The number of Topliss-reactive ketones (excluding diaryl/α,β-unsaturated/α-hetero) is 1. The SMILES string of the molecule is COc1ccnc(C(=O)C[C@@H](C)C(=O)O[C@@H](C)C(c2ccc(Cl)c(C)c2)c2ccc(Cl)c(C)c2)c1O. The minimum atomic E-state index is -0.757. The summed E-state index contributed by atoms with van der Waals surface area (Å²) in [5, 5.41) is 11.5. The standard InChI is InChI=1S/C28H29Cl2NO5/c1-15-12-19(6-8-21(15)29)25(20-7-9-22(30)16(2)13-20)18(4)36-28(34)17(3)14-23(32)26-27(33)24(35-5)10-11-31-26/h6-13,17-18,25,33H,14H2,1-5H3/t17-,18+/m1/s1. The minimum absolute atomic E-state index is 0.136. The van der Waals surface area contributed by atoms with E-state index in [1.807, 2.05) is 57.2 Å². The van der Waals surface area contributed by atoms with E-state index in [9.17, 15) is 14.7 Å². The number of methoxy groups -OCH3 is 1. The van der Waals surface area contributed by atoms with Gasteiger partial charge in [0, 0.05) is 34.6 Å². The molecule has 1 aromatic heterocycles. The lowest BCUT2D eigenvalue weighted by Crippen LogP contribution is -2.28. The second-order valence-electron chi connectivity index (χ2n) is 8.88. The van der Waals surface area contributed by atoms with E-state index in [2.05, 4.69) is 4.98 Å². The Kier molecular flexibility index (Phi) is 8.98. The number of nitrogens with zero attached hydrogens (tertiary/aromatic N) is 1. The summed E-state index contributed by atoms with van der Waals surface area (Å²) in [7, 11) is 1.38. The molecule has 0 aliphatic rings. The summed E-state index contributed by atoms with van der Waals surface area (Å²) in [6.45, 7) is 7.27. The van der Waals surface area contributed by atoms with Crippen LogP contribution in [0.25, 0.3) is 0 Å². The number of esters is 1. The molecular formula is C28H29Cl2NO5. The number of halogens is 2. The minimum Gasteiger partial charge on any atom is -0.503 e. The van der Waals surface area contributed by atoms with Crippen LogP contribution in [0.5, 0.6) is 11.5 Å². The van der Waals surface area contributed by atoms with Gasteiger partial charge in [-0.3, -0.25) is 9.59 Å². The summed E-state index contributed by atoms with van der Waals surface area (Å²) in [5.41, 5.74) is 3.55. The van der Waals surface area contributed by atoms with Crippen LogP contribution in [0, 0.1) is 19.8 Å². The van der Waals surface area contributed by atoms with Crippen molar-refractivity contribution in [1.82, 2.24) is 4.98 Å². The summed E-state index contributed by atoms with van der Waals surface area (Å²) < 4.78 is 10.9. The van der Waals surface area contributed by atoms with Crippen LogP contribution in [0.3, 0.4) is 0 Å². The number of hydrogen-bond acceptors (Lipinski definition) is 6. The molecule has 1 heterocycles. The topological polar surface area (TPSA) is 85.7 Å². The molecule has 3 aromatic rings. The average Bonchev–Trinajstić information content (AvgIpc) is 2.83. The van der Waals surface area contributed by atoms with Crippen LogP contribution in [0.15, 0.2) is 48.7 Å². The molecule has 0 aliphatic carbocycles. The van der Waals surface area contributed by atoms with E-state index in [1.165, 1.54) is 19.4 Å². The van der Waals surface area contributed by atoms with Gasteiger partial charge in [0.05, 0.1) is 13.0 Å². The molecule has 2 atom stereocenters. The Morgan fingerprint density at radius 3 is 2.03 bits per heavy atom. The molecular weight excluding hydrogens is 501 g/mol. The van der Waals surface area contributed by atoms with E-state index in [4.69, 9.17) is 32.7 Å². The van der Waals surface area contributed by atoms with Crippen LogP contribution >= 0.6 is 23.2 Å². The second-order valence-corrected chi connectivity index (χ2v) is 9.69. The maximum absolute atomic E-state index is 13.0. The van der Waals surface area contributed by atoms with Gasteiger partial charge in [0.25, 0.3) is 0 Å². The third kappa shape index (κ3) is 6.18.